The van der Waals surface area contributed by atoms with E-state index in [1.165, 1.54) is 18.5 Å². The summed E-state index contributed by atoms with van der Waals surface area (Å²) in [5.41, 5.74) is 7.71. The van der Waals surface area contributed by atoms with Crippen LogP contribution in [-0.2, 0) is 0 Å². The van der Waals surface area contributed by atoms with E-state index in [-0.39, 0.29) is 6.04 Å². The minimum absolute atomic E-state index is 0.263. The number of halogens is 1. The third kappa shape index (κ3) is 3.34. The molecule has 1 fully saturated rings. The van der Waals surface area contributed by atoms with Gasteiger partial charge in [-0.1, -0.05) is 41.9 Å². The second-order valence-corrected chi connectivity index (χ2v) is 6.61. The van der Waals surface area contributed by atoms with E-state index in [2.05, 4.69) is 58.9 Å². The molecule has 0 radical (unpaired) electrons. The average molecular weight is 311 g/mol. The lowest BCUT2D eigenvalue weighted by Crippen LogP contribution is -2.47. The van der Waals surface area contributed by atoms with Crippen molar-refractivity contribution in [3.05, 3.63) is 34.3 Å². The summed E-state index contributed by atoms with van der Waals surface area (Å²) in [6.07, 6.45) is 2.36. The molecule has 0 amide bonds. The Labute approximate surface area is 119 Å². The van der Waals surface area contributed by atoms with Gasteiger partial charge in [0.1, 0.15) is 0 Å². The molecule has 0 spiro atoms. The first-order valence-electron chi connectivity index (χ1n) is 6.83. The predicted molar refractivity (Wildman–Crippen MR) is 80.5 cm³/mol. The van der Waals surface area contributed by atoms with E-state index in [1.54, 1.807) is 0 Å². The molecular formula is C15H23BrN2. The molecule has 2 N–H and O–H groups in total. The number of nitrogens with two attached hydrogens (primary N) is 1. The van der Waals surface area contributed by atoms with E-state index in [1.807, 2.05) is 0 Å². The number of benzene rings is 1. The SMILES string of the molecule is CC(C)CN1CCCC(N)C1c1ccc(Br)cc1. The normalized spacial score (nSPS) is 25.6. The largest absolute Gasteiger partial charge is 0.326 e. The smallest absolute Gasteiger partial charge is 0.0499 e. The Bertz CT molecular complexity index is 375. The summed E-state index contributed by atoms with van der Waals surface area (Å²) in [7, 11) is 0. The second kappa shape index (κ2) is 6.18. The van der Waals surface area contributed by atoms with Crippen LogP contribution in [0.15, 0.2) is 28.7 Å². The molecule has 1 aliphatic heterocycles. The lowest BCUT2D eigenvalue weighted by atomic mass is 9.90. The fourth-order valence-corrected chi connectivity index (χ4v) is 3.15. The number of nitrogens with zero attached hydrogens (tertiary/aromatic N) is 1. The van der Waals surface area contributed by atoms with Gasteiger partial charge in [0.15, 0.2) is 0 Å². The summed E-state index contributed by atoms with van der Waals surface area (Å²) in [4.78, 5) is 2.56. The number of rotatable bonds is 3. The molecule has 3 heteroatoms. The Hall–Kier alpha value is -0.380. The molecule has 0 aliphatic carbocycles. The van der Waals surface area contributed by atoms with E-state index in [0.717, 1.165) is 17.4 Å². The monoisotopic (exact) mass is 310 g/mol. The van der Waals surface area contributed by atoms with Gasteiger partial charge >= 0.3 is 0 Å². The molecule has 1 heterocycles. The lowest BCUT2D eigenvalue weighted by molar-refractivity contribution is 0.114. The number of hydrogen-bond acceptors (Lipinski definition) is 2. The topological polar surface area (TPSA) is 29.3 Å². The summed E-state index contributed by atoms with van der Waals surface area (Å²) in [5.74, 6) is 0.688. The van der Waals surface area contributed by atoms with Gasteiger partial charge in [0.25, 0.3) is 0 Å². The molecule has 100 valence electrons. The molecule has 1 saturated heterocycles. The maximum absolute atomic E-state index is 6.36. The van der Waals surface area contributed by atoms with Gasteiger partial charge in [0.05, 0.1) is 0 Å². The van der Waals surface area contributed by atoms with Crippen LogP contribution in [0, 0.1) is 5.92 Å². The highest BCUT2D eigenvalue weighted by molar-refractivity contribution is 9.10. The zero-order valence-corrected chi connectivity index (χ0v) is 12.9. The molecule has 2 rings (SSSR count). The van der Waals surface area contributed by atoms with Gasteiger partial charge < -0.3 is 5.73 Å². The fourth-order valence-electron chi connectivity index (χ4n) is 2.89. The van der Waals surface area contributed by atoms with Gasteiger partial charge in [-0.25, -0.2) is 0 Å². The van der Waals surface area contributed by atoms with Crippen molar-refractivity contribution in [3.8, 4) is 0 Å². The molecule has 1 aromatic rings. The Morgan fingerprint density at radius 2 is 2.00 bits per heavy atom. The van der Waals surface area contributed by atoms with Gasteiger partial charge in [0.2, 0.25) is 0 Å². The van der Waals surface area contributed by atoms with Crippen molar-refractivity contribution in [2.45, 2.75) is 38.8 Å². The predicted octanol–water partition coefficient (Wildman–Crippen LogP) is 3.57. The maximum Gasteiger partial charge on any atom is 0.0499 e. The van der Waals surface area contributed by atoms with Crippen molar-refractivity contribution in [1.82, 2.24) is 4.90 Å². The summed E-state index contributed by atoms with van der Waals surface area (Å²) in [6.45, 7) is 6.86. The van der Waals surface area contributed by atoms with Crippen molar-refractivity contribution >= 4 is 15.9 Å². The first-order valence-corrected chi connectivity index (χ1v) is 7.62. The Morgan fingerprint density at radius 3 is 2.61 bits per heavy atom. The molecule has 2 nitrogen and oxygen atoms in total. The highest BCUT2D eigenvalue weighted by atomic mass is 79.9. The molecule has 0 saturated carbocycles. The van der Waals surface area contributed by atoms with Gasteiger partial charge in [-0.05, 0) is 43.0 Å². The molecule has 18 heavy (non-hydrogen) atoms. The standard InChI is InChI=1S/C15H23BrN2/c1-11(2)10-18-9-3-4-14(17)15(18)12-5-7-13(16)8-6-12/h5-8,11,14-15H,3-4,9-10,17H2,1-2H3. The van der Waals surface area contributed by atoms with Crippen molar-refractivity contribution in [2.24, 2.45) is 11.7 Å². The summed E-state index contributed by atoms with van der Waals surface area (Å²) in [5, 5.41) is 0. The molecule has 1 aromatic carbocycles. The van der Waals surface area contributed by atoms with E-state index < -0.39 is 0 Å². The van der Waals surface area contributed by atoms with Crippen LogP contribution in [0.4, 0.5) is 0 Å². The Balaban J connectivity index is 2.21. The van der Waals surface area contributed by atoms with Crippen molar-refractivity contribution in [1.29, 1.82) is 0 Å². The van der Waals surface area contributed by atoms with E-state index in [9.17, 15) is 0 Å². The van der Waals surface area contributed by atoms with E-state index in [0.29, 0.717) is 12.0 Å². The van der Waals surface area contributed by atoms with Crippen molar-refractivity contribution in [3.63, 3.8) is 0 Å². The van der Waals surface area contributed by atoms with Gasteiger partial charge in [0, 0.05) is 23.1 Å². The maximum atomic E-state index is 6.36. The van der Waals surface area contributed by atoms with Gasteiger partial charge in [-0.15, -0.1) is 0 Å². The average Bonchev–Trinajstić information content (AvgIpc) is 2.30. The van der Waals surface area contributed by atoms with Crippen LogP contribution in [0.5, 0.6) is 0 Å². The zero-order valence-electron chi connectivity index (χ0n) is 11.3. The van der Waals surface area contributed by atoms with Crippen LogP contribution in [0.25, 0.3) is 0 Å². The zero-order chi connectivity index (χ0) is 13.1. The van der Waals surface area contributed by atoms with Crippen LogP contribution in [0.1, 0.15) is 38.3 Å². The second-order valence-electron chi connectivity index (χ2n) is 5.69. The summed E-state index contributed by atoms with van der Waals surface area (Å²) in [6, 6.07) is 9.28. The minimum atomic E-state index is 0.263. The Kier molecular flexibility index (Phi) is 4.82. The number of hydrogen-bond donors (Lipinski definition) is 1. The molecule has 2 atom stereocenters. The van der Waals surface area contributed by atoms with Crippen LogP contribution >= 0.6 is 15.9 Å². The molecule has 0 bridgehead atoms. The van der Waals surface area contributed by atoms with Crippen LogP contribution < -0.4 is 5.73 Å². The first kappa shape index (κ1) is 14.0. The number of piperidine rings is 1. The third-order valence-corrected chi connectivity index (χ3v) is 4.12. The quantitative estimate of drug-likeness (QED) is 0.924. The van der Waals surface area contributed by atoms with Crippen molar-refractivity contribution in [2.75, 3.05) is 13.1 Å². The van der Waals surface area contributed by atoms with E-state index >= 15 is 0 Å². The fraction of sp³-hybridized carbons (Fsp3) is 0.600. The van der Waals surface area contributed by atoms with Gasteiger partial charge in [-0.2, -0.15) is 0 Å². The first-order chi connectivity index (χ1) is 8.58. The molecular weight excluding hydrogens is 288 g/mol. The number of likely N-dealkylation sites (tertiary alicyclic amines) is 1. The van der Waals surface area contributed by atoms with Crippen LogP contribution in [-0.4, -0.2) is 24.0 Å². The Morgan fingerprint density at radius 1 is 1.33 bits per heavy atom. The van der Waals surface area contributed by atoms with Crippen molar-refractivity contribution < 1.29 is 0 Å². The lowest BCUT2D eigenvalue weighted by Gasteiger charge is -2.41. The molecule has 1 aliphatic rings. The highest BCUT2D eigenvalue weighted by Gasteiger charge is 2.30. The summed E-state index contributed by atoms with van der Waals surface area (Å²) < 4.78 is 1.13. The third-order valence-electron chi connectivity index (χ3n) is 3.59. The highest BCUT2D eigenvalue weighted by Crippen LogP contribution is 2.31. The van der Waals surface area contributed by atoms with E-state index in [4.69, 9.17) is 5.73 Å². The van der Waals surface area contributed by atoms with Crippen LogP contribution in [0.3, 0.4) is 0 Å². The molecule has 0 aromatic heterocycles. The van der Waals surface area contributed by atoms with Crippen LogP contribution in [0.2, 0.25) is 0 Å². The summed E-state index contributed by atoms with van der Waals surface area (Å²) >= 11 is 3.50. The minimum Gasteiger partial charge on any atom is -0.326 e. The van der Waals surface area contributed by atoms with Gasteiger partial charge in [-0.3, -0.25) is 4.90 Å². The molecule has 2 unspecified atom stereocenters.